The lowest BCUT2D eigenvalue weighted by Gasteiger charge is -2.08. The molecule has 2 aromatic carbocycles. The van der Waals surface area contributed by atoms with Crippen LogP contribution < -0.4 is 5.32 Å². The molecule has 0 aliphatic carbocycles. The predicted octanol–water partition coefficient (Wildman–Crippen LogP) is 4.88. The topological polar surface area (TPSA) is 72.2 Å². The van der Waals surface area contributed by atoms with Gasteiger partial charge in [0.25, 0.3) is 11.6 Å². The van der Waals surface area contributed by atoms with Crippen LogP contribution in [0, 0.1) is 10.1 Å². The molecule has 1 N–H and O–H groups in total. The fourth-order valence-corrected chi connectivity index (χ4v) is 2.49. The number of thioether (sulfide) groups is 1. The Labute approximate surface area is 140 Å². The number of carbonyl (C=O) groups excluding carboxylic acids is 1. The van der Waals surface area contributed by atoms with Gasteiger partial charge in [-0.1, -0.05) is 23.2 Å². The number of nitrogens with one attached hydrogen (secondary N) is 1. The van der Waals surface area contributed by atoms with Crippen LogP contribution in [-0.4, -0.2) is 17.1 Å². The first-order valence-corrected chi connectivity index (χ1v) is 7.99. The molecule has 0 radical (unpaired) electrons. The quantitative estimate of drug-likeness (QED) is 0.481. The van der Waals surface area contributed by atoms with E-state index in [4.69, 9.17) is 23.2 Å². The maximum atomic E-state index is 12.3. The van der Waals surface area contributed by atoms with Gasteiger partial charge in [-0.15, -0.1) is 11.8 Å². The lowest BCUT2D eigenvalue weighted by Crippen LogP contribution is -2.14. The van der Waals surface area contributed by atoms with E-state index in [1.165, 1.54) is 36.0 Å². The molecule has 8 heteroatoms. The van der Waals surface area contributed by atoms with Gasteiger partial charge in [0.1, 0.15) is 5.56 Å². The van der Waals surface area contributed by atoms with Crippen LogP contribution in [0.4, 0.5) is 11.4 Å². The monoisotopic (exact) mass is 356 g/mol. The molecule has 2 rings (SSSR count). The van der Waals surface area contributed by atoms with E-state index in [0.29, 0.717) is 10.7 Å². The standard InChI is InChI=1S/C14H10Cl2N2O3S/c1-22-9-3-5-13(18(20)21)10(7-9)14(19)17-8-2-4-11(15)12(16)6-8/h2-7H,1H3,(H,17,19). The minimum Gasteiger partial charge on any atom is -0.322 e. The van der Waals surface area contributed by atoms with E-state index < -0.39 is 10.8 Å². The first-order valence-electron chi connectivity index (χ1n) is 6.01. The van der Waals surface area contributed by atoms with Gasteiger partial charge in [-0.2, -0.15) is 0 Å². The Morgan fingerprint density at radius 2 is 1.91 bits per heavy atom. The van der Waals surface area contributed by atoms with E-state index in [0.717, 1.165) is 4.90 Å². The van der Waals surface area contributed by atoms with Gasteiger partial charge >= 0.3 is 0 Å². The molecule has 0 bridgehead atoms. The molecule has 1 amide bonds. The predicted molar refractivity (Wildman–Crippen MR) is 89.3 cm³/mol. The van der Waals surface area contributed by atoms with E-state index in [-0.39, 0.29) is 16.3 Å². The average Bonchev–Trinajstić information content (AvgIpc) is 2.50. The molecule has 0 saturated heterocycles. The van der Waals surface area contributed by atoms with Crippen molar-refractivity contribution >= 4 is 52.2 Å². The minimum absolute atomic E-state index is 0.0112. The number of amides is 1. The Kier molecular flexibility index (Phi) is 5.28. The van der Waals surface area contributed by atoms with Crippen LogP contribution in [-0.2, 0) is 0 Å². The van der Waals surface area contributed by atoms with E-state index in [1.807, 2.05) is 6.26 Å². The van der Waals surface area contributed by atoms with Crippen LogP contribution in [0.3, 0.4) is 0 Å². The Bertz CT molecular complexity index is 753. The zero-order valence-corrected chi connectivity index (χ0v) is 13.6. The average molecular weight is 357 g/mol. The SMILES string of the molecule is CSc1ccc([N+](=O)[O-])c(C(=O)Nc2ccc(Cl)c(Cl)c2)c1. The fraction of sp³-hybridized carbons (Fsp3) is 0.0714. The zero-order valence-electron chi connectivity index (χ0n) is 11.3. The number of nitro benzene ring substituents is 1. The summed E-state index contributed by atoms with van der Waals surface area (Å²) in [6, 6.07) is 8.97. The summed E-state index contributed by atoms with van der Waals surface area (Å²) in [5, 5.41) is 14.3. The molecule has 0 spiro atoms. The van der Waals surface area contributed by atoms with E-state index >= 15 is 0 Å². The highest BCUT2D eigenvalue weighted by atomic mass is 35.5. The van der Waals surface area contributed by atoms with E-state index in [9.17, 15) is 14.9 Å². The molecule has 0 unspecified atom stereocenters. The molecule has 0 saturated carbocycles. The molecule has 5 nitrogen and oxygen atoms in total. The zero-order chi connectivity index (χ0) is 16.3. The van der Waals surface area contributed by atoms with Crippen LogP contribution >= 0.6 is 35.0 Å². The van der Waals surface area contributed by atoms with Gasteiger partial charge in [0.2, 0.25) is 0 Å². The van der Waals surface area contributed by atoms with Gasteiger partial charge < -0.3 is 5.32 Å². The first kappa shape index (κ1) is 16.6. The summed E-state index contributed by atoms with van der Waals surface area (Å²) in [5.74, 6) is -0.582. The summed E-state index contributed by atoms with van der Waals surface area (Å²) >= 11 is 13.1. The van der Waals surface area contributed by atoms with Gasteiger partial charge in [0.15, 0.2) is 0 Å². The van der Waals surface area contributed by atoms with Gasteiger partial charge in [0, 0.05) is 16.6 Å². The second kappa shape index (κ2) is 7.00. The summed E-state index contributed by atoms with van der Waals surface area (Å²) in [7, 11) is 0. The minimum atomic E-state index is -0.589. The molecule has 2 aromatic rings. The van der Waals surface area contributed by atoms with Crippen molar-refractivity contribution in [2.24, 2.45) is 0 Å². The van der Waals surface area contributed by atoms with Crippen molar-refractivity contribution in [2.75, 3.05) is 11.6 Å². The highest BCUT2D eigenvalue weighted by Crippen LogP contribution is 2.28. The van der Waals surface area contributed by atoms with Crippen molar-refractivity contribution in [1.29, 1.82) is 0 Å². The second-order valence-electron chi connectivity index (χ2n) is 4.22. The van der Waals surface area contributed by atoms with Crippen molar-refractivity contribution < 1.29 is 9.72 Å². The molecule has 0 atom stereocenters. The van der Waals surface area contributed by atoms with Crippen LogP contribution in [0.5, 0.6) is 0 Å². The number of hydrogen-bond acceptors (Lipinski definition) is 4. The lowest BCUT2D eigenvalue weighted by atomic mass is 10.1. The van der Waals surface area contributed by atoms with Crippen molar-refractivity contribution in [1.82, 2.24) is 0 Å². The van der Waals surface area contributed by atoms with Crippen LogP contribution in [0.1, 0.15) is 10.4 Å². The fourth-order valence-electron chi connectivity index (χ4n) is 1.76. The molecule has 0 aliphatic heterocycles. The van der Waals surface area contributed by atoms with Crippen LogP contribution in [0.25, 0.3) is 0 Å². The van der Waals surface area contributed by atoms with E-state index in [1.54, 1.807) is 12.1 Å². The van der Waals surface area contributed by atoms with Gasteiger partial charge in [-0.3, -0.25) is 14.9 Å². The Hall–Kier alpha value is -1.76. The maximum absolute atomic E-state index is 12.3. The summed E-state index contributed by atoms with van der Waals surface area (Å²) in [4.78, 5) is 23.5. The third kappa shape index (κ3) is 3.71. The summed E-state index contributed by atoms with van der Waals surface area (Å²) in [6.07, 6.45) is 1.82. The van der Waals surface area contributed by atoms with Crippen molar-refractivity contribution in [2.45, 2.75) is 4.90 Å². The number of carbonyl (C=O) groups is 1. The molecule has 0 aliphatic rings. The molecule has 22 heavy (non-hydrogen) atoms. The molecular formula is C14H10Cl2N2O3S. The number of rotatable bonds is 4. The highest BCUT2D eigenvalue weighted by molar-refractivity contribution is 7.98. The van der Waals surface area contributed by atoms with Crippen LogP contribution in [0.2, 0.25) is 10.0 Å². The van der Waals surface area contributed by atoms with Crippen molar-refractivity contribution in [3.63, 3.8) is 0 Å². The highest BCUT2D eigenvalue weighted by Gasteiger charge is 2.21. The van der Waals surface area contributed by atoms with Crippen molar-refractivity contribution in [3.05, 3.63) is 62.1 Å². The Balaban J connectivity index is 2.35. The first-order chi connectivity index (χ1) is 10.4. The van der Waals surface area contributed by atoms with Gasteiger partial charge in [-0.25, -0.2) is 0 Å². The Morgan fingerprint density at radius 1 is 1.18 bits per heavy atom. The number of nitro groups is 1. The summed E-state index contributed by atoms with van der Waals surface area (Å²) in [5.41, 5.74) is 0.140. The molecule has 0 heterocycles. The van der Waals surface area contributed by atoms with Gasteiger partial charge in [-0.05, 0) is 36.6 Å². The summed E-state index contributed by atoms with van der Waals surface area (Å²) < 4.78 is 0. The molecule has 0 aromatic heterocycles. The molecule has 114 valence electrons. The normalized spacial score (nSPS) is 10.3. The number of nitrogens with zero attached hydrogens (tertiary/aromatic N) is 1. The number of hydrogen-bond donors (Lipinski definition) is 1. The summed E-state index contributed by atoms with van der Waals surface area (Å²) in [6.45, 7) is 0. The maximum Gasteiger partial charge on any atom is 0.282 e. The van der Waals surface area contributed by atoms with Crippen LogP contribution in [0.15, 0.2) is 41.3 Å². The lowest BCUT2D eigenvalue weighted by molar-refractivity contribution is -0.385. The third-order valence-corrected chi connectivity index (χ3v) is 4.29. The Morgan fingerprint density at radius 3 is 2.50 bits per heavy atom. The molecular weight excluding hydrogens is 347 g/mol. The second-order valence-corrected chi connectivity index (χ2v) is 5.92. The number of halogens is 2. The van der Waals surface area contributed by atoms with Crippen molar-refractivity contribution in [3.8, 4) is 0 Å². The van der Waals surface area contributed by atoms with E-state index in [2.05, 4.69) is 5.32 Å². The number of benzene rings is 2. The smallest absolute Gasteiger partial charge is 0.282 e. The largest absolute Gasteiger partial charge is 0.322 e. The number of anilines is 1. The third-order valence-electron chi connectivity index (χ3n) is 2.82. The van der Waals surface area contributed by atoms with Gasteiger partial charge in [0.05, 0.1) is 15.0 Å². The molecule has 0 fully saturated rings.